The average molecular weight is 407 g/mol. The summed E-state index contributed by atoms with van der Waals surface area (Å²) < 4.78 is 22.2. The third kappa shape index (κ3) is 3.65. The first-order valence-corrected chi connectivity index (χ1v) is 9.72. The highest BCUT2D eigenvalue weighted by Gasteiger charge is 2.56. The predicted molar refractivity (Wildman–Crippen MR) is 103 cm³/mol. The Labute approximate surface area is 170 Å². The maximum atomic E-state index is 12.8. The van der Waals surface area contributed by atoms with Crippen molar-refractivity contribution in [1.82, 2.24) is 4.90 Å². The van der Waals surface area contributed by atoms with Gasteiger partial charge in [-0.15, -0.1) is 0 Å². The standard InChI is InChI=1S/C21H29NO7/c1-10-7-14(26-4)12(21(25)28-6)9-13(10)29-18-11(2)8-15(27-5)16-17(18)20(24)22(3)19(16)23/h7-8,12-18H,9H2,1-6H3/t12-,13-,14+,15-,16-,17-,18-/m0/s1. The second kappa shape index (κ2) is 8.38. The number of ether oxygens (including phenoxy) is 4. The smallest absolute Gasteiger partial charge is 0.311 e. The lowest BCUT2D eigenvalue weighted by Gasteiger charge is -2.39. The van der Waals surface area contributed by atoms with Crippen molar-refractivity contribution in [3.05, 3.63) is 23.3 Å². The molecule has 1 heterocycles. The molecule has 0 unspecified atom stereocenters. The van der Waals surface area contributed by atoms with Crippen LogP contribution in [-0.4, -0.2) is 75.5 Å². The first-order chi connectivity index (χ1) is 13.7. The van der Waals surface area contributed by atoms with E-state index in [1.54, 1.807) is 7.11 Å². The Hall–Kier alpha value is -2.03. The van der Waals surface area contributed by atoms with Crippen LogP contribution in [0.2, 0.25) is 0 Å². The van der Waals surface area contributed by atoms with Gasteiger partial charge in [-0.1, -0.05) is 12.2 Å². The summed E-state index contributed by atoms with van der Waals surface area (Å²) in [4.78, 5) is 38.9. The van der Waals surface area contributed by atoms with Crippen molar-refractivity contribution in [2.24, 2.45) is 17.8 Å². The van der Waals surface area contributed by atoms with Gasteiger partial charge in [0, 0.05) is 21.3 Å². The Kier molecular flexibility index (Phi) is 6.26. The normalized spacial score (nSPS) is 37.2. The molecule has 0 radical (unpaired) electrons. The van der Waals surface area contributed by atoms with Gasteiger partial charge in [-0.25, -0.2) is 0 Å². The molecule has 3 rings (SSSR count). The third-order valence-electron chi connectivity index (χ3n) is 6.33. The molecule has 8 heteroatoms. The molecular weight excluding hydrogens is 378 g/mol. The zero-order valence-corrected chi connectivity index (χ0v) is 17.7. The van der Waals surface area contributed by atoms with Crippen molar-refractivity contribution in [3.63, 3.8) is 0 Å². The minimum absolute atomic E-state index is 0.257. The van der Waals surface area contributed by atoms with Crippen molar-refractivity contribution in [3.8, 4) is 0 Å². The monoisotopic (exact) mass is 407 g/mol. The number of esters is 1. The summed E-state index contributed by atoms with van der Waals surface area (Å²) in [6.45, 7) is 3.79. The molecule has 29 heavy (non-hydrogen) atoms. The largest absolute Gasteiger partial charge is 0.469 e. The number of likely N-dealkylation sites (tertiary alicyclic amines) is 1. The minimum Gasteiger partial charge on any atom is -0.469 e. The molecule has 0 saturated carbocycles. The Bertz CT molecular complexity index is 758. The van der Waals surface area contributed by atoms with E-state index in [0.29, 0.717) is 6.42 Å². The van der Waals surface area contributed by atoms with Gasteiger partial charge in [-0.2, -0.15) is 0 Å². The fraction of sp³-hybridized carbons (Fsp3) is 0.667. The molecule has 2 amide bonds. The summed E-state index contributed by atoms with van der Waals surface area (Å²) in [6.07, 6.45) is 2.27. The maximum absolute atomic E-state index is 12.8. The summed E-state index contributed by atoms with van der Waals surface area (Å²) in [6, 6.07) is 0. The Morgan fingerprint density at radius 3 is 2.14 bits per heavy atom. The summed E-state index contributed by atoms with van der Waals surface area (Å²) in [5.41, 5.74) is 1.76. The van der Waals surface area contributed by atoms with Crippen LogP contribution in [0.5, 0.6) is 0 Å². The molecule has 0 bridgehead atoms. The molecule has 0 aromatic heterocycles. The van der Waals surface area contributed by atoms with Crippen LogP contribution in [0.15, 0.2) is 23.3 Å². The van der Waals surface area contributed by atoms with Crippen molar-refractivity contribution >= 4 is 17.8 Å². The number of methoxy groups -OCH3 is 3. The first kappa shape index (κ1) is 21.7. The topological polar surface area (TPSA) is 91.4 Å². The minimum atomic E-state index is -0.646. The van der Waals surface area contributed by atoms with E-state index in [1.807, 2.05) is 26.0 Å². The number of hydrogen-bond acceptors (Lipinski definition) is 7. The van der Waals surface area contributed by atoms with Crippen molar-refractivity contribution < 1.29 is 33.3 Å². The van der Waals surface area contributed by atoms with E-state index in [2.05, 4.69) is 0 Å². The fourth-order valence-electron chi connectivity index (χ4n) is 4.66. The van der Waals surface area contributed by atoms with E-state index in [4.69, 9.17) is 18.9 Å². The van der Waals surface area contributed by atoms with E-state index in [9.17, 15) is 14.4 Å². The number of imide groups is 1. The summed E-state index contributed by atoms with van der Waals surface area (Å²) in [5.74, 6) is -2.65. The number of rotatable bonds is 5. The molecule has 0 aromatic carbocycles. The van der Waals surface area contributed by atoms with E-state index < -0.39 is 42.2 Å². The summed E-state index contributed by atoms with van der Waals surface area (Å²) >= 11 is 0. The molecule has 1 aliphatic heterocycles. The van der Waals surface area contributed by atoms with Gasteiger partial charge in [0.1, 0.15) is 0 Å². The molecule has 1 fully saturated rings. The highest BCUT2D eigenvalue weighted by atomic mass is 16.5. The van der Waals surface area contributed by atoms with Gasteiger partial charge in [-0.3, -0.25) is 19.3 Å². The number of carbonyl (C=O) groups is 3. The lowest BCUT2D eigenvalue weighted by atomic mass is 9.77. The van der Waals surface area contributed by atoms with Gasteiger partial charge in [0.2, 0.25) is 11.8 Å². The molecule has 0 aromatic rings. The second-order valence-corrected chi connectivity index (χ2v) is 7.92. The Morgan fingerprint density at radius 2 is 1.55 bits per heavy atom. The predicted octanol–water partition coefficient (Wildman–Crippen LogP) is 1.10. The maximum Gasteiger partial charge on any atom is 0.311 e. The number of nitrogens with zero attached hydrogens (tertiary/aromatic N) is 1. The van der Waals surface area contributed by atoms with E-state index >= 15 is 0 Å². The molecule has 7 atom stereocenters. The van der Waals surface area contributed by atoms with Gasteiger partial charge in [0.25, 0.3) is 0 Å². The number of amides is 2. The van der Waals surface area contributed by atoms with Gasteiger partial charge in [0.05, 0.1) is 49.3 Å². The molecule has 0 spiro atoms. The lowest BCUT2D eigenvalue weighted by molar-refractivity contribution is -0.153. The number of hydrogen-bond donors (Lipinski definition) is 0. The van der Waals surface area contributed by atoms with Gasteiger partial charge < -0.3 is 18.9 Å². The SMILES string of the molecule is COC(=O)[C@H]1C[C@H](O[C@H]2C(C)=C[C@H](OC)[C@@H]3C(=O)N(C)C(=O)[C@@H]32)C(C)=C[C@H]1OC. The number of fused-ring (bicyclic) bond motifs is 1. The molecule has 3 aliphatic rings. The van der Waals surface area contributed by atoms with Crippen LogP contribution in [0.1, 0.15) is 20.3 Å². The van der Waals surface area contributed by atoms with Gasteiger partial charge in [0.15, 0.2) is 0 Å². The van der Waals surface area contributed by atoms with Crippen LogP contribution in [0.25, 0.3) is 0 Å². The van der Waals surface area contributed by atoms with Crippen LogP contribution in [0, 0.1) is 17.8 Å². The van der Waals surface area contributed by atoms with E-state index in [-0.39, 0.29) is 17.8 Å². The first-order valence-electron chi connectivity index (χ1n) is 9.72. The quantitative estimate of drug-likeness (QED) is 0.383. The van der Waals surface area contributed by atoms with Crippen LogP contribution in [-0.2, 0) is 33.3 Å². The van der Waals surface area contributed by atoms with Crippen LogP contribution in [0.4, 0.5) is 0 Å². The molecule has 160 valence electrons. The Balaban J connectivity index is 1.91. The Morgan fingerprint density at radius 1 is 0.966 bits per heavy atom. The van der Waals surface area contributed by atoms with Crippen LogP contribution >= 0.6 is 0 Å². The third-order valence-corrected chi connectivity index (χ3v) is 6.33. The molecule has 2 aliphatic carbocycles. The molecule has 1 saturated heterocycles. The average Bonchev–Trinajstić information content (AvgIpc) is 2.94. The fourth-order valence-corrected chi connectivity index (χ4v) is 4.66. The zero-order chi connectivity index (χ0) is 21.5. The molecular formula is C21H29NO7. The van der Waals surface area contributed by atoms with Crippen molar-refractivity contribution in [1.29, 1.82) is 0 Å². The van der Waals surface area contributed by atoms with Crippen molar-refractivity contribution in [2.75, 3.05) is 28.4 Å². The summed E-state index contributed by atoms with van der Waals surface area (Å²) in [5, 5.41) is 0. The molecule has 0 N–H and O–H groups in total. The molecule has 8 nitrogen and oxygen atoms in total. The van der Waals surface area contributed by atoms with Gasteiger partial charge >= 0.3 is 5.97 Å². The van der Waals surface area contributed by atoms with Crippen molar-refractivity contribution in [2.45, 2.75) is 44.7 Å². The second-order valence-electron chi connectivity index (χ2n) is 7.92. The number of carbonyl (C=O) groups excluding carboxylic acids is 3. The highest BCUT2D eigenvalue weighted by Crippen LogP contribution is 2.42. The van der Waals surface area contributed by atoms with E-state index in [0.717, 1.165) is 16.0 Å². The van der Waals surface area contributed by atoms with E-state index in [1.165, 1.54) is 21.3 Å². The van der Waals surface area contributed by atoms with Crippen LogP contribution < -0.4 is 0 Å². The lowest BCUT2D eigenvalue weighted by Crippen LogP contribution is -2.46. The van der Waals surface area contributed by atoms with Gasteiger partial charge in [-0.05, 0) is 31.4 Å². The highest BCUT2D eigenvalue weighted by molar-refractivity contribution is 6.06. The zero-order valence-electron chi connectivity index (χ0n) is 17.7. The summed E-state index contributed by atoms with van der Waals surface area (Å²) in [7, 11) is 5.92. The van der Waals surface area contributed by atoms with Crippen LogP contribution in [0.3, 0.4) is 0 Å².